The first-order valence-electron chi connectivity index (χ1n) is 9.35. The summed E-state index contributed by atoms with van der Waals surface area (Å²) in [7, 11) is 1.65. The fraction of sp³-hybridized carbons (Fsp3) is 0.571. The second-order valence-corrected chi connectivity index (χ2v) is 7.57. The Hall–Kier alpha value is -1.65. The molecule has 1 atom stereocenters. The largest absolute Gasteiger partial charge is 0.384 e. The maximum absolute atomic E-state index is 12.4. The number of methoxy groups -OCH3 is 1. The van der Waals surface area contributed by atoms with E-state index >= 15 is 0 Å². The molecule has 1 spiro atoms. The van der Waals surface area contributed by atoms with Crippen molar-refractivity contribution in [1.82, 2.24) is 9.80 Å². The van der Waals surface area contributed by atoms with Crippen LogP contribution in [0.25, 0.3) is 6.08 Å². The van der Waals surface area contributed by atoms with E-state index in [-0.39, 0.29) is 11.3 Å². The predicted octanol–water partition coefficient (Wildman–Crippen LogP) is 3.18. The standard InChI is InChI=1S/C21H30N2O2/c1-3-18-6-4-7-19(14-18)15-22-12-10-21(16-22)9-5-11-23(17-21)20(24)8-13-25-2/h3-4,6-7,14H,1,5,8-13,15-17H2,2H3/t21-/m0/s1. The fourth-order valence-electron chi connectivity index (χ4n) is 4.34. The van der Waals surface area contributed by atoms with Crippen LogP contribution in [0.3, 0.4) is 0 Å². The summed E-state index contributed by atoms with van der Waals surface area (Å²) in [6.07, 6.45) is 5.97. The molecule has 0 radical (unpaired) electrons. The van der Waals surface area contributed by atoms with E-state index in [2.05, 4.69) is 40.6 Å². The molecule has 2 saturated heterocycles. The number of hydrogen-bond donors (Lipinski definition) is 0. The van der Waals surface area contributed by atoms with Crippen LogP contribution >= 0.6 is 0 Å². The molecule has 0 bridgehead atoms. The molecule has 4 heteroatoms. The first kappa shape index (κ1) is 18.2. The van der Waals surface area contributed by atoms with Crippen LogP contribution in [-0.4, -0.2) is 55.6 Å². The average molecular weight is 342 g/mol. The summed E-state index contributed by atoms with van der Waals surface area (Å²) in [5, 5.41) is 0. The average Bonchev–Trinajstić information content (AvgIpc) is 3.01. The van der Waals surface area contributed by atoms with Crippen LogP contribution in [0.1, 0.15) is 36.8 Å². The van der Waals surface area contributed by atoms with Crippen LogP contribution in [0.15, 0.2) is 30.8 Å². The van der Waals surface area contributed by atoms with Crippen molar-refractivity contribution < 1.29 is 9.53 Å². The van der Waals surface area contributed by atoms with Crippen LogP contribution in [-0.2, 0) is 16.1 Å². The molecule has 2 aliphatic heterocycles. The van der Waals surface area contributed by atoms with Crippen molar-refractivity contribution in [2.75, 3.05) is 39.9 Å². The second-order valence-electron chi connectivity index (χ2n) is 7.57. The van der Waals surface area contributed by atoms with Crippen molar-refractivity contribution in [3.05, 3.63) is 42.0 Å². The molecule has 0 unspecified atom stereocenters. The minimum atomic E-state index is 0.248. The van der Waals surface area contributed by atoms with Gasteiger partial charge in [0, 0.05) is 38.7 Å². The number of benzene rings is 1. The Kier molecular flexibility index (Phi) is 5.92. The van der Waals surface area contributed by atoms with Crippen molar-refractivity contribution in [2.24, 2.45) is 5.41 Å². The van der Waals surface area contributed by atoms with Gasteiger partial charge in [-0.25, -0.2) is 0 Å². The van der Waals surface area contributed by atoms with Gasteiger partial charge in [0.1, 0.15) is 0 Å². The van der Waals surface area contributed by atoms with Crippen molar-refractivity contribution in [3.8, 4) is 0 Å². The van der Waals surface area contributed by atoms with Gasteiger partial charge in [0.05, 0.1) is 13.0 Å². The minimum Gasteiger partial charge on any atom is -0.384 e. The third-order valence-electron chi connectivity index (χ3n) is 5.64. The lowest BCUT2D eigenvalue weighted by Crippen LogP contribution is -2.47. The second kappa shape index (κ2) is 8.15. The van der Waals surface area contributed by atoms with Crippen LogP contribution in [0.2, 0.25) is 0 Å². The Labute approximate surface area is 151 Å². The number of carbonyl (C=O) groups is 1. The van der Waals surface area contributed by atoms with E-state index in [4.69, 9.17) is 4.74 Å². The zero-order valence-electron chi connectivity index (χ0n) is 15.4. The van der Waals surface area contributed by atoms with Crippen molar-refractivity contribution in [3.63, 3.8) is 0 Å². The molecule has 1 aromatic carbocycles. The maximum Gasteiger partial charge on any atom is 0.224 e. The Bertz CT molecular complexity index is 616. The number of likely N-dealkylation sites (tertiary alicyclic amines) is 2. The SMILES string of the molecule is C=Cc1cccc(CN2CC[C@@]3(CCCN(C(=O)CCOC)C3)C2)c1. The lowest BCUT2D eigenvalue weighted by Gasteiger charge is -2.40. The smallest absolute Gasteiger partial charge is 0.224 e. The van der Waals surface area contributed by atoms with E-state index < -0.39 is 0 Å². The van der Waals surface area contributed by atoms with Gasteiger partial charge < -0.3 is 9.64 Å². The Morgan fingerprint density at radius 1 is 1.32 bits per heavy atom. The van der Waals surface area contributed by atoms with Crippen LogP contribution < -0.4 is 0 Å². The van der Waals surface area contributed by atoms with Gasteiger partial charge in [-0.15, -0.1) is 0 Å². The molecule has 1 amide bonds. The Morgan fingerprint density at radius 2 is 2.20 bits per heavy atom. The molecule has 0 aromatic heterocycles. The molecule has 25 heavy (non-hydrogen) atoms. The number of rotatable bonds is 6. The predicted molar refractivity (Wildman–Crippen MR) is 101 cm³/mol. The highest BCUT2D eigenvalue weighted by Crippen LogP contribution is 2.39. The summed E-state index contributed by atoms with van der Waals surface area (Å²) in [5.41, 5.74) is 2.81. The third-order valence-corrected chi connectivity index (χ3v) is 5.64. The lowest BCUT2D eigenvalue weighted by molar-refractivity contribution is -0.135. The van der Waals surface area contributed by atoms with Crippen molar-refractivity contribution in [1.29, 1.82) is 0 Å². The first-order chi connectivity index (χ1) is 12.1. The van der Waals surface area contributed by atoms with Gasteiger partial charge in [0.2, 0.25) is 5.91 Å². The Balaban J connectivity index is 1.58. The van der Waals surface area contributed by atoms with Gasteiger partial charge in [0.25, 0.3) is 0 Å². The van der Waals surface area contributed by atoms with E-state index in [1.165, 1.54) is 24.0 Å². The topological polar surface area (TPSA) is 32.8 Å². The molecule has 0 saturated carbocycles. The van der Waals surface area contributed by atoms with E-state index in [0.29, 0.717) is 13.0 Å². The molecule has 2 heterocycles. The maximum atomic E-state index is 12.4. The van der Waals surface area contributed by atoms with Crippen molar-refractivity contribution >= 4 is 12.0 Å². The van der Waals surface area contributed by atoms with E-state index in [0.717, 1.165) is 39.1 Å². The quantitative estimate of drug-likeness (QED) is 0.796. The zero-order valence-corrected chi connectivity index (χ0v) is 15.4. The molecular formula is C21H30N2O2. The monoisotopic (exact) mass is 342 g/mol. The van der Waals surface area contributed by atoms with Gasteiger partial charge in [-0.05, 0) is 36.9 Å². The molecule has 4 nitrogen and oxygen atoms in total. The third kappa shape index (κ3) is 4.50. The molecule has 3 rings (SSSR count). The fourth-order valence-corrected chi connectivity index (χ4v) is 4.34. The van der Waals surface area contributed by atoms with Gasteiger partial charge in [-0.3, -0.25) is 9.69 Å². The van der Waals surface area contributed by atoms with E-state index in [1.54, 1.807) is 7.11 Å². The van der Waals surface area contributed by atoms with Crippen LogP contribution in [0.5, 0.6) is 0 Å². The van der Waals surface area contributed by atoms with Gasteiger partial charge >= 0.3 is 0 Å². The van der Waals surface area contributed by atoms with Crippen LogP contribution in [0, 0.1) is 5.41 Å². The highest BCUT2D eigenvalue weighted by Gasteiger charge is 2.42. The highest BCUT2D eigenvalue weighted by molar-refractivity contribution is 5.76. The molecule has 2 aliphatic rings. The van der Waals surface area contributed by atoms with E-state index in [9.17, 15) is 4.79 Å². The summed E-state index contributed by atoms with van der Waals surface area (Å²) in [5.74, 6) is 0.248. The number of ether oxygens (including phenoxy) is 1. The highest BCUT2D eigenvalue weighted by atomic mass is 16.5. The number of amides is 1. The Morgan fingerprint density at radius 3 is 3.00 bits per heavy atom. The number of piperidine rings is 1. The zero-order chi connectivity index (χ0) is 17.7. The summed E-state index contributed by atoms with van der Waals surface area (Å²) in [6, 6.07) is 8.61. The number of hydrogen-bond acceptors (Lipinski definition) is 3. The lowest BCUT2D eigenvalue weighted by atomic mass is 9.79. The molecule has 1 aromatic rings. The number of nitrogens with zero attached hydrogens (tertiary/aromatic N) is 2. The van der Waals surface area contributed by atoms with Gasteiger partial charge in [0.15, 0.2) is 0 Å². The molecular weight excluding hydrogens is 312 g/mol. The molecule has 0 N–H and O–H groups in total. The molecule has 0 aliphatic carbocycles. The summed E-state index contributed by atoms with van der Waals surface area (Å²) in [4.78, 5) is 17.0. The molecule has 136 valence electrons. The summed E-state index contributed by atoms with van der Waals surface area (Å²) in [6.45, 7) is 9.41. The minimum absolute atomic E-state index is 0.248. The van der Waals surface area contributed by atoms with Crippen LogP contribution in [0.4, 0.5) is 0 Å². The normalized spacial score (nSPS) is 24.0. The van der Waals surface area contributed by atoms with Crippen molar-refractivity contribution in [2.45, 2.75) is 32.2 Å². The summed E-state index contributed by atoms with van der Waals surface area (Å²) < 4.78 is 5.06. The van der Waals surface area contributed by atoms with Gasteiger partial charge in [-0.1, -0.05) is 36.9 Å². The first-order valence-corrected chi connectivity index (χ1v) is 9.35. The van der Waals surface area contributed by atoms with E-state index in [1.807, 2.05) is 6.08 Å². The molecule has 2 fully saturated rings. The summed E-state index contributed by atoms with van der Waals surface area (Å²) >= 11 is 0. The van der Waals surface area contributed by atoms with Gasteiger partial charge in [-0.2, -0.15) is 0 Å². The number of carbonyl (C=O) groups excluding carboxylic acids is 1.